The molecule has 0 aromatic carbocycles. The Kier molecular flexibility index (Phi) is 23.8. The maximum absolute atomic E-state index is 11.4. The lowest BCUT2D eigenvalue weighted by Gasteiger charge is -2.17. The molecule has 0 aromatic rings. The molecule has 0 amide bonds. The van der Waals surface area contributed by atoms with Crippen molar-refractivity contribution in [2.75, 3.05) is 0 Å². The van der Waals surface area contributed by atoms with E-state index in [0.29, 0.717) is 0 Å². The third-order valence-corrected chi connectivity index (χ3v) is 6.30. The van der Waals surface area contributed by atoms with Crippen LogP contribution in [0.5, 0.6) is 0 Å². The van der Waals surface area contributed by atoms with Gasteiger partial charge in [-0.1, -0.05) is 129 Å². The van der Waals surface area contributed by atoms with Gasteiger partial charge in [0.15, 0.2) is 0 Å². The molecule has 0 N–H and O–H groups in total. The first-order valence-corrected chi connectivity index (χ1v) is 13.6. The molecule has 0 aliphatic heterocycles. The summed E-state index contributed by atoms with van der Waals surface area (Å²) in [6.45, 7) is 4.51. The summed E-state index contributed by atoms with van der Waals surface area (Å²) in [5.41, 5.74) is 0. The van der Waals surface area contributed by atoms with Crippen molar-refractivity contribution >= 4 is 5.97 Å². The van der Waals surface area contributed by atoms with Crippen molar-refractivity contribution in [3.05, 3.63) is 12.2 Å². The van der Waals surface area contributed by atoms with E-state index in [0.717, 1.165) is 32.1 Å². The third kappa shape index (κ3) is 21.9. The van der Waals surface area contributed by atoms with Crippen molar-refractivity contribution in [2.45, 2.75) is 155 Å². The van der Waals surface area contributed by atoms with Crippen molar-refractivity contribution in [1.82, 2.24) is 0 Å². The quantitative estimate of drug-likeness (QED) is 0.116. The van der Waals surface area contributed by atoms with Gasteiger partial charge in [0, 0.05) is 5.97 Å². The van der Waals surface area contributed by atoms with Crippen LogP contribution < -0.4 is 5.11 Å². The highest BCUT2D eigenvalue weighted by atomic mass is 16.4. The SMILES string of the molecule is CCCCCCCC/C=C\CCCCCCC(CCCCCCCCCC)C(=O)[O-]. The van der Waals surface area contributed by atoms with Gasteiger partial charge in [0.25, 0.3) is 0 Å². The highest BCUT2D eigenvalue weighted by Crippen LogP contribution is 2.19. The summed E-state index contributed by atoms with van der Waals surface area (Å²) in [6, 6.07) is 0. The zero-order valence-corrected chi connectivity index (χ0v) is 20.6. The second-order valence-corrected chi connectivity index (χ2v) is 9.30. The van der Waals surface area contributed by atoms with Crippen molar-refractivity contribution in [3.8, 4) is 0 Å². The van der Waals surface area contributed by atoms with E-state index in [4.69, 9.17) is 0 Å². The summed E-state index contributed by atoms with van der Waals surface area (Å²) in [7, 11) is 0. The monoisotopic (exact) mass is 421 g/mol. The minimum atomic E-state index is -0.824. The number of carbonyl (C=O) groups is 1. The van der Waals surface area contributed by atoms with E-state index in [-0.39, 0.29) is 5.92 Å². The van der Waals surface area contributed by atoms with E-state index < -0.39 is 5.97 Å². The number of hydrogen-bond donors (Lipinski definition) is 0. The van der Waals surface area contributed by atoms with E-state index in [1.807, 2.05) is 0 Å². The van der Waals surface area contributed by atoms with Crippen LogP contribution in [0.3, 0.4) is 0 Å². The van der Waals surface area contributed by atoms with Crippen LogP contribution in [-0.2, 0) is 4.79 Å². The van der Waals surface area contributed by atoms with E-state index in [1.54, 1.807) is 0 Å². The van der Waals surface area contributed by atoms with E-state index in [9.17, 15) is 9.90 Å². The number of carboxylic acids is 1. The van der Waals surface area contributed by atoms with Crippen molar-refractivity contribution < 1.29 is 9.90 Å². The molecule has 0 fully saturated rings. The molecule has 0 heterocycles. The summed E-state index contributed by atoms with van der Waals surface area (Å²) in [5, 5.41) is 11.4. The molecule has 0 aliphatic rings. The lowest BCUT2D eigenvalue weighted by molar-refractivity contribution is -0.312. The molecule has 0 saturated carbocycles. The third-order valence-electron chi connectivity index (χ3n) is 6.30. The van der Waals surface area contributed by atoms with Crippen LogP contribution in [-0.4, -0.2) is 5.97 Å². The van der Waals surface area contributed by atoms with Crippen molar-refractivity contribution in [2.24, 2.45) is 5.92 Å². The number of allylic oxidation sites excluding steroid dienone is 2. The Morgan fingerprint density at radius 3 is 1.27 bits per heavy atom. The number of carboxylic acid groups (broad SMARTS) is 1. The van der Waals surface area contributed by atoms with Gasteiger partial charge in [-0.05, 0) is 44.4 Å². The zero-order chi connectivity index (χ0) is 22.1. The van der Waals surface area contributed by atoms with Crippen LogP contribution >= 0.6 is 0 Å². The fourth-order valence-corrected chi connectivity index (χ4v) is 4.19. The van der Waals surface area contributed by atoms with E-state index in [1.165, 1.54) is 109 Å². The number of hydrogen-bond acceptors (Lipinski definition) is 2. The minimum absolute atomic E-state index is 0.220. The Labute approximate surface area is 189 Å². The van der Waals surface area contributed by atoms with Gasteiger partial charge in [-0.15, -0.1) is 0 Å². The molecule has 178 valence electrons. The summed E-state index contributed by atoms with van der Waals surface area (Å²) in [6.07, 6.45) is 31.8. The van der Waals surface area contributed by atoms with E-state index in [2.05, 4.69) is 26.0 Å². The van der Waals surface area contributed by atoms with Crippen LogP contribution in [0.15, 0.2) is 12.2 Å². The van der Waals surface area contributed by atoms with Gasteiger partial charge in [-0.3, -0.25) is 0 Å². The molecule has 2 heteroatoms. The van der Waals surface area contributed by atoms with Gasteiger partial charge in [0.05, 0.1) is 0 Å². The fraction of sp³-hybridized carbons (Fsp3) is 0.893. The molecule has 0 aromatic heterocycles. The molecular weight excluding hydrogens is 368 g/mol. The second kappa shape index (κ2) is 24.5. The van der Waals surface area contributed by atoms with Gasteiger partial charge in [0.1, 0.15) is 0 Å². The van der Waals surface area contributed by atoms with Crippen LogP contribution in [0.25, 0.3) is 0 Å². The van der Waals surface area contributed by atoms with Gasteiger partial charge < -0.3 is 9.90 Å². The molecule has 0 aliphatic carbocycles. The van der Waals surface area contributed by atoms with Gasteiger partial charge in [0.2, 0.25) is 0 Å². The minimum Gasteiger partial charge on any atom is -0.550 e. The predicted octanol–water partition coefficient (Wildman–Crippen LogP) is 8.53. The normalized spacial score (nSPS) is 12.6. The van der Waals surface area contributed by atoms with Gasteiger partial charge >= 0.3 is 0 Å². The van der Waals surface area contributed by atoms with E-state index >= 15 is 0 Å². The molecule has 2 nitrogen and oxygen atoms in total. The molecule has 0 rings (SSSR count). The average Bonchev–Trinajstić information content (AvgIpc) is 2.74. The second-order valence-electron chi connectivity index (χ2n) is 9.30. The van der Waals surface area contributed by atoms with Crippen LogP contribution in [0.1, 0.15) is 155 Å². The Morgan fingerprint density at radius 2 is 0.900 bits per heavy atom. The Hall–Kier alpha value is -0.790. The summed E-state index contributed by atoms with van der Waals surface area (Å²) < 4.78 is 0. The first-order chi connectivity index (χ1) is 14.7. The summed E-state index contributed by atoms with van der Waals surface area (Å²) in [4.78, 5) is 11.4. The summed E-state index contributed by atoms with van der Waals surface area (Å²) >= 11 is 0. The van der Waals surface area contributed by atoms with Crippen molar-refractivity contribution in [3.63, 3.8) is 0 Å². The molecule has 30 heavy (non-hydrogen) atoms. The molecule has 0 radical (unpaired) electrons. The van der Waals surface area contributed by atoms with Gasteiger partial charge in [-0.25, -0.2) is 0 Å². The van der Waals surface area contributed by atoms with Crippen molar-refractivity contribution in [1.29, 1.82) is 0 Å². The number of rotatable bonds is 24. The maximum atomic E-state index is 11.4. The zero-order valence-electron chi connectivity index (χ0n) is 20.6. The standard InChI is InChI=1S/C28H54O2/c1-3-5-7-9-11-13-14-15-16-17-18-20-22-24-26-27(28(29)30)25-23-21-19-12-10-8-6-4-2/h15-16,27H,3-14,17-26H2,1-2H3,(H,29,30)/p-1/b16-15-. The van der Waals surface area contributed by atoms with Crippen LogP contribution in [0.4, 0.5) is 0 Å². The number of unbranched alkanes of at least 4 members (excludes halogenated alkanes) is 17. The lowest BCUT2D eigenvalue weighted by atomic mass is 9.94. The van der Waals surface area contributed by atoms with Gasteiger partial charge in [-0.2, -0.15) is 0 Å². The topological polar surface area (TPSA) is 40.1 Å². The Morgan fingerprint density at radius 1 is 0.567 bits per heavy atom. The van der Waals surface area contributed by atoms with Crippen LogP contribution in [0, 0.1) is 5.92 Å². The first kappa shape index (κ1) is 29.2. The highest BCUT2D eigenvalue weighted by molar-refractivity contribution is 5.67. The lowest BCUT2D eigenvalue weighted by Crippen LogP contribution is -2.31. The largest absolute Gasteiger partial charge is 0.550 e. The first-order valence-electron chi connectivity index (χ1n) is 13.6. The molecule has 1 atom stereocenters. The Balaban J connectivity index is 3.48. The smallest absolute Gasteiger partial charge is 0.0445 e. The summed E-state index contributed by atoms with van der Waals surface area (Å²) in [5.74, 6) is -1.04. The molecule has 0 spiro atoms. The molecule has 0 bridgehead atoms. The maximum Gasteiger partial charge on any atom is 0.0445 e. The molecule has 0 saturated heterocycles. The molecule has 1 unspecified atom stereocenters. The number of carbonyl (C=O) groups excluding carboxylic acids is 1. The fourth-order valence-electron chi connectivity index (χ4n) is 4.19. The Bertz CT molecular complexity index is 375. The van der Waals surface area contributed by atoms with Crippen LogP contribution in [0.2, 0.25) is 0 Å². The number of aliphatic carboxylic acids is 1. The average molecular weight is 422 g/mol. The predicted molar refractivity (Wildman–Crippen MR) is 131 cm³/mol. The molecular formula is C28H53O2-. The highest BCUT2D eigenvalue weighted by Gasteiger charge is 2.09.